The van der Waals surface area contributed by atoms with Gasteiger partial charge in [-0.25, -0.2) is 0 Å². The fraction of sp³-hybridized carbons (Fsp3) is 0.741. The molecule has 3 heteroatoms. The Kier molecular flexibility index (Phi) is 14.3. The lowest BCUT2D eigenvalue weighted by atomic mass is 9.92. The van der Waals surface area contributed by atoms with Crippen molar-refractivity contribution in [3.05, 3.63) is 28.8 Å². The second-order valence-electron chi connectivity index (χ2n) is 9.20. The topological polar surface area (TPSA) is 57.5 Å². The number of carboxylic acids is 1. The lowest BCUT2D eigenvalue weighted by molar-refractivity contribution is -0.142. The van der Waals surface area contributed by atoms with Gasteiger partial charge in [0.25, 0.3) is 0 Å². The van der Waals surface area contributed by atoms with Gasteiger partial charge in [0, 0.05) is 0 Å². The van der Waals surface area contributed by atoms with Gasteiger partial charge < -0.3 is 10.2 Å². The van der Waals surface area contributed by atoms with Crippen molar-refractivity contribution in [2.24, 2.45) is 5.92 Å². The zero-order valence-corrected chi connectivity index (χ0v) is 19.8. The maximum atomic E-state index is 11.7. The van der Waals surface area contributed by atoms with Crippen LogP contribution in [0, 0.1) is 19.8 Å². The molecule has 0 spiro atoms. The molecule has 0 radical (unpaired) electrons. The summed E-state index contributed by atoms with van der Waals surface area (Å²) in [5.41, 5.74) is 2.66. The lowest BCUT2D eigenvalue weighted by Gasteiger charge is -2.14. The van der Waals surface area contributed by atoms with E-state index in [4.69, 9.17) is 0 Å². The highest BCUT2D eigenvalue weighted by Crippen LogP contribution is 2.26. The fourth-order valence-electron chi connectivity index (χ4n) is 4.35. The number of aliphatic carboxylic acids is 1. The smallest absolute Gasteiger partial charge is 0.306 e. The van der Waals surface area contributed by atoms with Gasteiger partial charge in [-0.15, -0.1) is 0 Å². The molecule has 1 rings (SSSR count). The largest absolute Gasteiger partial charge is 0.507 e. The highest BCUT2D eigenvalue weighted by molar-refractivity contribution is 5.70. The van der Waals surface area contributed by atoms with Crippen molar-refractivity contribution in [3.63, 3.8) is 0 Å². The van der Waals surface area contributed by atoms with Crippen LogP contribution in [-0.4, -0.2) is 16.2 Å². The molecule has 1 aromatic carbocycles. The molecule has 2 N–H and O–H groups in total. The minimum Gasteiger partial charge on any atom is -0.507 e. The van der Waals surface area contributed by atoms with Crippen molar-refractivity contribution in [1.82, 2.24) is 0 Å². The van der Waals surface area contributed by atoms with Crippen LogP contribution >= 0.6 is 0 Å². The number of hydrogen-bond acceptors (Lipinski definition) is 2. The van der Waals surface area contributed by atoms with Crippen LogP contribution in [0.4, 0.5) is 0 Å². The third kappa shape index (κ3) is 11.6. The van der Waals surface area contributed by atoms with Gasteiger partial charge in [0.15, 0.2) is 0 Å². The van der Waals surface area contributed by atoms with Crippen LogP contribution in [-0.2, 0) is 11.2 Å². The summed E-state index contributed by atoms with van der Waals surface area (Å²) in [5.74, 6) is -0.712. The number of phenols is 1. The van der Waals surface area contributed by atoms with Crippen LogP contribution in [0.25, 0.3) is 0 Å². The lowest BCUT2D eigenvalue weighted by Crippen LogP contribution is -2.16. The Morgan fingerprint density at radius 1 is 0.767 bits per heavy atom. The molecular weight excluding hydrogens is 372 g/mol. The maximum absolute atomic E-state index is 11.7. The van der Waals surface area contributed by atoms with Gasteiger partial charge in [-0.3, -0.25) is 4.79 Å². The summed E-state index contributed by atoms with van der Waals surface area (Å²) < 4.78 is 0. The number of rotatable bonds is 18. The van der Waals surface area contributed by atoms with Crippen LogP contribution in [0.2, 0.25) is 0 Å². The average molecular weight is 419 g/mol. The molecule has 0 saturated carbocycles. The molecule has 0 amide bonds. The molecular formula is C27H46O3. The zero-order chi connectivity index (χ0) is 22.2. The van der Waals surface area contributed by atoms with E-state index in [0.717, 1.165) is 36.0 Å². The quantitative estimate of drug-likeness (QED) is 0.237. The molecule has 0 aliphatic carbocycles. The molecule has 1 aromatic rings. The van der Waals surface area contributed by atoms with E-state index in [9.17, 15) is 15.0 Å². The first-order chi connectivity index (χ1) is 14.5. The Labute approximate surface area is 185 Å². The summed E-state index contributed by atoms with van der Waals surface area (Å²) in [6.07, 6.45) is 19.7. The van der Waals surface area contributed by atoms with Gasteiger partial charge in [0.1, 0.15) is 5.75 Å². The molecule has 0 fully saturated rings. The second-order valence-corrected chi connectivity index (χ2v) is 9.20. The van der Waals surface area contributed by atoms with Crippen LogP contribution in [0.5, 0.6) is 5.75 Å². The minimum absolute atomic E-state index is 0.317. The molecule has 1 atom stereocenters. The summed E-state index contributed by atoms with van der Waals surface area (Å²) in [6, 6.07) is 3.84. The normalized spacial score (nSPS) is 12.2. The molecule has 0 bridgehead atoms. The first-order valence-electron chi connectivity index (χ1n) is 12.5. The standard InChI is InChI=1S/C27H46O3/c1-4-5-6-7-8-9-10-11-12-13-14-15-16-17-18-25(27(29)30)21-24-19-22(2)26(28)23(3)20-24/h19-20,25,28H,4-18,21H2,1-3H3,(H,29,30). The Balaban J connectivity index is 2.09. The monoisotopic (exact) mass is 418 g/mol. The Morgan fingerprint density at radius 3 is 1.57 bits per heavy atom. The molecule has 172 valence electrons. The summed E-state index contributed by atoms with van der Waals surface area (Å²) in [7, 11) is 0. The van der Waals surface area contributed by atoms with E-state index in [1.54, 1.807) is 0 Å². The van der Waals surface area contributed by atoms with Crippen molar-refractivity contribution >= 4 is 5.97 Å². The third-order valence-electron chi connectivity index (χ3n) is 6.29. The summed E-state index contributed by atoms with van der Waals surface area (Å²) in [5, 5.41) is 19.5. The van der Waals surface area contributed by atoms with Crippen LogP contribution in [0.1, 0.15) is 120 Å². The van der Waals surface area contributed by atoms with E-state index in [1.165, 1.54) is 77.0 Å². The van der Waals surface area contributed by atoms with E-state index < -0.39 is 5.97 Å². The molecule has 0 heterocycles. The first kappa shape index (κ1) is 26.5. The SMILES string of the molecule is CCCCCCCCCCCCCCCCC(Cc1cc(C)c(O)c(C)c1)C(=O)O. The number of aryl methyl sites for hydroxylation is 2. The number of unbranched alkanes of at least 4 members (excludes halogenated alkanes) is 13. The predicted molar refractivity (Wildman–Crippen MR) is 127 cm³/mol. The molecule has 3 nitrogen and oxygen atoms in total. The number of aromatic hydroxyl groups is 1. The molecule has 30 heavy (non-hydrogen) atoms. The fourth-order valence-corrected chi connectivity index (χ4v) is 4.35. The Hall–Kier alpha value is -1.51. The van der Waals surface area contributed by atoms with Gasteiger partial charge >= 0.3 is 5.97 Å². The van der Waals surface area contributed by atoms with Crippen molar-refractivity contribution in [2.75, 3.05) is 0 Å². The van der Waals surface area contributed by atoms with E-state index in [0.29, 0.717) is 12.2 Å². The van der Waals surface area contributed by atoms with Gasteiger partial charge in [-0.2, -0.15) is 0 Å². The van der Waals surface area contributed by atoms with E-state index in [1.807, 2.05) is 26.0 Å². The second kappa shape index (κ2) is 16.2. The molecule has 1 unspecified atom stereocenters. The van der Waals surface area contributed by atoms with Gasteiger partial charge in [-0.1, -0.05) is 109 Å². The molecule has 0 aliphatic rings. The Morgan fingerprint density at radius 2 is 1.17 bits per heavy atom. The summed E-state index contributed by atoms with van der Waals surface area (Å²) >= 11 is 0. The summed E-state index contributed by atoms with van der Waals surface area (Å²) in [4.78, 5) is 11.7. The van der Waals surface area contributed by atoms with Crippen molar-refractivity contribution < 1.29 is 15.0 Å². The summed E-state index contributed by atoms with van der Waals surface area (Å²) in [6.45, 7) is 6.01. The number of benzene rings is 1. The van der Waals surface area contributed by atoms with E-state index in [2.05, 4.69) is 6.92 Å². The first-order valence-corrected chi connectivity index (χ1v) is 12.5. The van der Waals surface area contributed by atoms with Crippen LogP contribution in [0.3, 0.4) is 0 Å². The third-order valence-corrected chi connectivity index (χ3v) is 6.29. The number of phenolic OH excluding ortho intramolecular Hbond substituents is 1. The molecule has 0 aliphatic heterocycles. The maximum Gasteiger partial charge on any atom is 0.306 e. The molecule has 0 saturated heterocycles. The predicted octanol–water partition coefficient (Wildman–Crippen LogP) is 8.12. The average Bonchev–Trinajstić information content (AvgIpc) is 2.71. The van der Waals surface area contributed by atoms with Gasteiger partial charge in [0.2, 0.25) is 0 Å². The van der Waals surface area contributed by atoms with Gasteiger partial charge in [0.05, 0.1) is 5.92 Å². The van der Waals surface area contributed by atoms with Crippen molar-refractivity contribution in [3.8, 4) is 5.75 Å². The number of carboxylic acid groups (broad SMARTS) is 1. The minimum atomic E-state index is -0.701. The number of carbonyl (C=O) groups is 1. The van der Waals surface area contributed by atoms with Crippen molar-refractivity contribution in [1.29, 1.82) is 0 Å². The Bertz CT molecular complexity index is 571. The molecule has 0 aromatic heterocycles. The van der Waals surface area contributed by atoms with Crippen molar-refractivity contribution in [2.45, 2.75) is 124 Å². The van der Waals surface area contributed by atoms with Crippen LogP contribution in [0.15, 0.2) is 12.1 Å². The van der Waals surface area contributed by atoms with E-state index in [-0.39, 0.29) is 5.92 Å². The zero-order valence-electron chi connectivity index (χ0n) is 19.8. The highest BCUT2D eigenvalue weighted by atomic mass is 16.4. The van der Waals surface area contributed by atoms with Gasteiger partial charge in [-0.05, 0) is 43.4 Å². The number of hydrogen-bond donors (Lipinski definition) is 2. The van der Waals surface area contributed by atoms with Crippen LogP contribution < -0.4 is 0 Å². The highest BCUT2D eigenvalue weighted by Gasteiger charge is 2.18. The van der Waals surface area contributed by atoms with E-state index >= 15 is 0 Å².